The Kier molecular flexibility index (Phi) is 4.90. The lowest BCUT2D eigenvalue weighted by atomic mass is 10.2. The molecule has 1 aliphatic rings. The smallest absolute Gasteiger partial charge is 0.277 e. The molecule has 4 rings (SSSR count). The van der Waals surface area contributed by atoms with Gasteiger partial charge in [0.2, 0.25) is 5.75 Å². The number of rotatable bonds is 7. The van der Waals surface area contributed by atoms with Crippen LogP contribution in [-0.2, 0) is 0 Å². The van der Waals surface area contributed by atoms with Crippen molar-refractivity contribution in [1.29, 1.82) is 0 Å². The van der Waals surface area contributed by atoms with E-state index in [0.717, 1.165) is 5.56 Å². The SMILES string of the molecule is COc1cc(C2CC2)cnc1-n1cc(Oc2ccccc2F)c(OC(C)C)n1. The van der Waals surface area contributed by atoms with E-state index in [1.165, 1.54) is 23.6 Å². The summed E-state index contributed by atoms with van der Waals surface area (Å²) in [6.45, 7) is 3.77. The third-order valence-electron chi connectivity index (χ3n) is 4.39. The first-order valence-corrected chi connectivity index (χ1v) is 9.28. The molecule has 0 atom stereocenters. The van der Waals surface area contributed by atoms with Crippen molar-refractivity contribution in [2.75, 3.05) is 7.11 Å². The van der Waals surface area contributed by atoms with Gasteiger partial charge in [-0.2, -0.15) is 0 Å². The lowest BCUT2D eigenvalue weighted by molar-refractivity contribution is 0.223. The van der Waals surface area contributed by atoms with Crippen molar-refractivity contribution >= 4 is 0 Å². The Bertz CT molecular complexity index is 983. The minimum Gasteiger partial charge on any atom is -0.493 e. The lowest BCUT2D eigenvalue weighted by Crippen LogP contribution is -2.08. The zero-order valence-corrected chi connectivity index (χ0v) is 16.1. The first kappa shape index (κ1) is 18.3. The number of benzene rings is 1. The van der Waals surface area contributed by atoms with Crippen LogP contribution in [0.5, 0.6) is 23.1 Å². The van der Waals surface area contributed by atoms with Crippen molar-refractivity contribution in [2.45, 2.75) is 38.7 Å². The molecular formula is C21H22FN3O3. The van der Waals surface area contributed by atoms with Crippen LogP contribution in [0.15, 0.2) is 42.7 Å². The van der Waals surface area contributed by atoms with Crippen LogP contribution in [0.25, 0.3) is 5.82 Å². The number of aromatic nitrogens is 3. The van der Waals surface area contributed by atoms with E-state index in [1.807, 2.05) is 26.1 Å². The average molecular weight is 383 g/mol. The second-order valence-electron chi connectivity index (χ2n) is 7.01. The molecule has 0 unspecified atom stereocenters. The molecule has 1 fully saturated rings. The van der Waals surface area contributed by atoms with Gasteiger partial charge in [0.1, 0.15) is 0 Å². The first-order valence-electron chi connectivity index (χ1n) is 9.28. The van der Waals surface area contributed by atoms with Crippen LogP contribution in [0.4, 0.5) is 4.39 Å². The molecule has 1 aliphatic carbocycles. The molecule has 146 valence electrons. The number of ether oxygens (including phenoxy) is 3. The zero-order chi connectivity index (χ0) is 19.7. The Labute approximate surface area is 162 Å². The first-order chi connectivity index (χ1) is 13.5. The van der Waals surface area contributed by atoms with Crippen molar-refractivity contribution in [3.8, 4) is 28.9 Å². The molecule has 1 saturated carbocycles. The molecule has 2 heterocycles. The topological polar surface area (TPSA) is 58.4 Å². The van der Waals surface area contributed by atoms with E-state index in [0.29, 0.717) is 23.2 Å². The molecule has 7 heteroatoms. The van der Waals surface area contributed by atoms with E-state index in [1.54, 1.807) is 31.5 Å². The number of nitrogens with zero attached hydrogens (tertiary/aromatic N) is 3. The maximum atomic E-state index is 14.0. The number of hydrogen-bond donors (Lipinski definition) is 0. The largest absolute Gasteiger partial charge is 0.493 e. The summed E-state index contributed by atoms with van der Waals surface area (Å²) in [5, 5.41) is 4.45. The van der Waals surface area contributed by atoms with Crippen LogP contribution < -0.4 is 14.2 Å². The highest BCUT2D eigenvalue weighted by molar-refractivity contribution is 5.46. The summed E-state index contributed by atoms with van der Waals surface area (Å²) in [5.41, 5.74) is 1.16. The summed E-state index contributed by atoms with van der Waals surface area (Å²) in [7, 11) is 1.60. The summed E-state index contributed by atoms with van der Waals surface area (Å²) in [6, 6.07) is 8.18. The van der Waals surface area contributed by atoms with Crippen molar-refractivity contribution in [2.24, 2.45) is 0 Å². The lowest BCUT2D eigenvalue weighted by Gasteiger charge is -2.09. The standard InChI is InChI=1S/C21H22FN3O3/c1-13(2)27-21-19(28-17-7-5-4-6-16(17)22)12-25(24-21)20-18(26-3)10-15(11-23-20)14-8-9-14/h4-7,10-14H,8-9H2,1-3H3. The molecule has 6 nitrogen and oxygen atoms in total. The molecule has 0 bridgehead atoms. The van der Waals surface area contributed by atoms with Gasteiger partial charge < -0.3 is 14.2 Å². The highest BCUT2D eigenvalue weighted by Gasteiger charge is 2.26. The van der Waals surface area contributed by atoms with Crippen LogP contribution >= 0.6 is 0 Å². The van der Waals surface area contributed by atoms with Crippen molar-refractivity contribution in [3.05, 3.63) is 54.1 Å². The van der Waals surface area contributed by atoms with Gasteiger partial charge in [0, 0.05) is 6.20 Å². The van der Waals surface area contributed by atoms with E-state index in [2.05, 4.69) is 10.1 Å². The van der Waals surface area contributed by atoms with Crippen LogP contribution in [-0.4, -0.2) is 28.0 Å². The summed E-state index contributed by atoms with van der Waals surface area (Å²) in [6.07, 6.45) is 5.69. The third kappa shape index (κ3) is 3.78. The van der Waals surface area contributed by atoms with E-state index in [-0.39, 0.29) is 17.7 Å². The summed E-state index contributed by atoms with van der Waals surface area (Å²) >= 11 is 0. The Balaban J connectivity index is 1.72. The van der Waals surface area contributed by atoms with Gasteiger partial charge in [0.05, 0.1) is 19.4 Å². The fourth-order valence-electron chi connectivity index (χ4n) is 2.89. The van der Waals surface area contributed by atoms with Gasteiger partial charge in [0.25, 0.3) is 5.88 Å². The summed E-state index contributed by atoms with van der Waals surface area (Å²) in [4.78, 5) is 4.53. The van der Waals surface area contributed by atoms with Gasteiger partial charge in [-0.05, 0) is 56.4 Å². The molecule has 0 spiro atoms. The molecule has 0 saturated heterocycles. The fourth-order valence-corrected chi connectivity index (χ4v) is 2.89. The van der Waals surface area contributed by atoms with Crippen LogP contribution in [0.1, 0.15) is 38.2 Å². The molecule has 0 aliphatic heterocycles. The maximum Gasteiger partial charge on any atom is 0.277 e. The Morgan fingerprint density at radius 2 is 1.93 bits per heavy atom. The number of halogens is 1. The molecule has 0 amide bonds. The van der Waals surface area contributed by atoms with Gasteiger partial charge in [-0.15, -0.1) is 5.10 Å². The van der Waals surface area contributed by atoms with Crippen molar-refractivity contribution in [3.63, 3.8) is 0 Å². The minimum absolute atomic E-state index is 0.0969. The number of para-hydroxylation sites is 1. The second kappa shape index (κ2) is 7.50. The van der Waals surface area contributed by atoms with Crippen molar-refractivity contribution < 1.29 is 18.6 Å². The molecule has 0 N–H and O–H groups in total. The molecule has 28 heavy (non-hydrogen) atoms. The zero-order valence-electron chi connectivity index (χ0n) is 16.1. The Morgan fingerprint density at radius 1 is 1.14 bits per heavy atom. The Hall–Kier alpha value is -3.09. The number of methoxy groups -OCH3 is 1. The van der Waals surface area contributed by atoms with Gasteiger partial charge in [0.15, 0.2) is 23.1 Å². The number of pyridine rings is 1. The van der Waals surface area contributed by atoms with Crippen LogP contribution in [0, 0.1) is 5.82 Å². The van der Waals surface area contributed by atoms with E-state index >= 15 is 0 Å². The highest BCUT2D eigenvalue weighted by Crippen LogP contribution is 2.42. The van der Waals surface area contributed by atoms with E-state index in [9.17, 15) is 4.39 Å². The normalized spacial score (nSPS) is 13.6. The number of hydrogen-bond acceptors (Lipinski definition) is 5. The van der Waals surface area contributed by atoms with Gasteiger partial charge in [-0.1, -0.05) is 12.1 Å². The van der Waals surface area contributed by atoms with Gasteiger partial charge in [-0.25, -0.2) is 14.1 Å². The molecule has 0 radical (unpaired) electrons. The maximum absolute atomic E-state index is 14.0. The van der Waals surface area contributed by atoms with Gasteiger partial charge >= 0.3 is 0 Å². The molecule has 2 aromatic heterocycles. The molecule has 3 aromatic rings. The predicted molar refractivity (Wildman–Crippen MR) is 102 cm³/mol. The summed E-state index contributed by atoms with van der Waals surface area (Å²) in [5.74, 6) is 1.88. The second-order valence-corrected chi connectivity index (χ2v) is 7.01. The average Bonchev–Trinajstić information content (AvgIpc) is 3.46. The monoisotopic (exact) mass is 383 g/mol. The molecule has 1 aromatic carbocycles. The predicted octanol–water partition coefficient (Wildman–Crippen LogP) is 4.87. The van der Waals surface area contributed by atoms with Gasteiger partial charge in [-0.3, -0.25) is 0 Å². The van der Waals surface area contributed by atoms with Crippen LogP contribution in [0.2, 0.25) is 0 Å². The third-order valence-corrected chi connectivity index (χ3v) is 4.39. The molecular weight excluding hydrogens is 361 g/mol. The quantitative estimate of drug-likeness (QED) is 0.582. The fraction of sp³-hybridized carbons (Fsp3) is 0.333. The van der Waals surface area contributed by atoms with E-state index < -0.39 is 5.82 Å². The van der Waals surface area contributed by atoms with E-state index in [4.69, 9.17) is 14.2 Å². The Morgan fingerprint density at radius 3 is 2.61 bits per heavy atom. The highest BCUT2D eigenvalue weighted by atomic mass is 19.1. The summed E-state index contributed by atoms with van der Waals surface area (Å²) < 4.78 is 32.6. The van der Waals surface area contributed by atoms with Crippen LogP contribution in [0.3, 0.4) is 0 Å². The minimum atomic E-state index is -0.463. The van der Waals surface area contributed by atoms with Crippen molar-refractivity contribution in [1.82, 2.24) is 14.8 Å².